The standard InChI is InChI=1S/C8H8BrN5O2/c9-6-7(11-3-12-8(6)15)10-2-1-5-13-4-16-14-5/h3-4H,1-2H2,(H2,10,11,12,15). The van der Waals surface area contributed by atoms with Crippen molar-refractivity contribution >= 4 is 21.7 Å². The Kier molecular flexibility index (Phi) is 3.30. The number of halogens is 1. The van der Waals surface area contributed by atoms with Crippen LogP contribution in [0.25, 0.3) is 0 Å². The molecule has 0 atom stereocenters. The Morgan fingerprint density at radius 3 is 3.12 bits per heavy atom. The van der Waals surface area contributed by atoms with Crippen LogP contribution in [-0.4, -0.2) is 26.7 Å². The maximum atomic E-state index is 11.2. The number of aromatic nitrogens is 4. The van der Waals surface area contributed by atoms with Crippen LogP contribution < -0.4 is 10.9 Å². The van der Waals surface area contributed by atoms with E-state index in [1.54, 1.807) is 0 Å². The first-order valence-corrected chi connectivity index (χ1v) is 5.29. The van der Waals surface area contributed by atoms with Gasteiger partial charge in [-0.3, -0.25) is 4.79 Å². The molecule has 0 saturated carbocycles. The fourth-order valence-corrected chi connectivity index (χ4v) is 1.46. The van der Waals surface area contributed by atoms with Gasteiger partial charge in [0.1, 0.15) is 10.3 Å². The van der Waals surface area contributed by atoms with Gasteiger partial charge in [-0.15, -0.1) is 0 Å². The molecule has 0 aliphatic heterocycles. The van der Waals surface area contributed by atoms with Gasteiger partial charge < -0.3 is 14.8 Å². The monoisotopic (exact) mass is 285 g/mol. The minimum absolute atomic E-state index is 0.225. The van der Waals surface area contributed by atoms with Crippen molar-refractivity contribution in [2.75, 3.05) is 11.9 Å². The Morgan fingerprint density at radius 1 is 1.50 bits per heavy atom. The van der Waals surface area contributed by atoms with Crippen LogP contribution in [0.2, 0.25) is 0 Å². The Bertz CT molecular complexity index is 509. The molecule has 7 nitrogen and oxygen atoms in total. The highest BCUT2D eigenvalue weighted by Crippen LogP contribution is 2.12. The molecule has 0 spiro atoms. The lowest BCUT2D eigenvalue weighted by Gasteiger charge is -2.04. The molecule has 2 heterocycles. The van der Waals surface area contributed by atoms with Gasteiger partial charge in [-0.1, -0.05) is 5.16 Å². The Hall–Kier alpha value is -1.70. The van der Waals surface area contributed by atoms with Gasteiger partial charge in [-0.25, -0.2) is 4.98 Å². The third-order valence-corrected chi connectivity index (χ3v) is 2.58. The number of H-pyrrole nitrogens is 1. The molecule has 0 unspecified atom stereocenters. The first-order chi connectivity index (χ1) is 7.77. The number of nitrogens with zero attached hydrogens (tertiary/aromatic N) is 3. The summed E-state index contributed by atoms with van der Waals surface area (Å²) in [5, 5.41) is 6.65. The zero-order valence-corrected chi connectivity index (χ0v) is 9.69. The largest absolute Gasteiger partial charge is 0.368 e. The second-order valence-electron chi connectivity index (χ2n) is 2.92. The molecule has 0 amide bonds. The van der Waals surface area contributed by atoms with Gasteiger partial charge in [0.25, 0.3) is 5.56 Å². The average molecular weight is 286 g/mol. The third kappa shape index (κ3) is 2.45. The number of aromatic amines is 1. The third-order valence-electron chi connectivity index (χ3n) is 1.84. The van der Waals surface area contributed by atoms with Gasteiger partial charge in [0.2, 0.25) is 6.39 Å². The van der Waals surface area contributed by atoms with Crippen LogP contribution in [0, 0.1) is 0 Å². The van der Waals surface area contributed by atoms with Crippen molar-refractivity contribution in [2.45, 2.75) is 6.42 Å². The van der Waals surface area contributed by atoms with Crippen molar-refractivity contribution in [2.24, 2.45) is 0 Å². The SMILES string of the molecule is O=c1[nH]cnc(NCCc2ncon2)c1Br. The Morgan fingerprint density at radius 2 is 2.38 bits per heavy atom. The normalized spacial score (nSPS) is 10.3. The maximum Gasteiger partial charge on any atom is 0.267 e. The minimum atomic E-state index is -0.225. The number of nitrogens with one attached hydrogen (secondary N) is 2. The van der Waals surface area contributed by atoms with E-state index < -0.39 is 0 Å². The first kappa shape index (κ1) is 10.8. The van der Waals surface area contributed by atoms with Crippen LogP contribution in [0.4, 0.5) is 5.82 Å². The maximum absolute atomic E-state index is 11.2. The van der Waals surface area contributed by atoms with E-state index in [0.717, 1.165) is 0 Å². The zero-order chi connectivity index (χ0) is 11.4. The summed E-state index contributed by atoms with van der Waals surface area (Å²) in [6.45, 7) is 0.564. The molecule has 0 radical (unpaired) electrons. The second-order valence-corrected chi connectivity index (χ2v) is 3.71. The van der Waals surface area contributed by atoms with Gasteiger partial charge in [-0.05, 0) is 15.9 Å². The molecule has 2 N–H and O–H groups in total. The van der Waals surface area contributed by atoms with Crippen LogP contribution in [0.1, 0.15) is 5.82 Å². The van der Waals surface area contributed by atoms with E-state index in [9.17, 15) is 4.79 Å². The van der Waals surface area contributed by atoms with Crippen molar-refractivity contribution in [3.8, 4) is 0 Å². The van der Waals surface area contributed by atoms with Crippen molar-refractivity contribution < 1.29 is 4.52 Å². The first-order valence-electron chi connectivity index (χ1n) is 4.49. The minimum Gasteiger partial charge on any atom is -0.368 e. The summed E-state index contributed by atoms with van der Waals surface area (Å²) in [5.41, 5.74) is -0.225. The highest BCUT2D eigenvalue weighted by Gasteiger charge is 2.04. The predicted octanol–water partition coefficient (Wildman–Crippen LogP) is 0.570. The molecule has 8 heteroatoms. The van der Waals surface area contributed by atoms with E-state index >= 15 is 0 Å². The van der Waals surface area contributed by atoms with Crippen molar-refractivity contribution in [3.05, 3.63) is 33.4 Å². The summed E-state index contributed by atoms with van der Waals surface area (Å²) in [5.74, 6) is 1.10. The number of hydrogen-bond acceptors (Lipinski definition) is 6. The fourth-order valence-electron chi connectivity index (χ4n) is 1.10. The highest BCUT2D eigenvalue weighted by molar-refractivity contribution is 9.10. The number of rotatable bonds is 4. The summed E-state index contributed by atoms with van der Waals surface area (Å²) < 4.78 is 4.97. The van der Waals surface area contributed by atoms with E-state index in [1.165, 1.54) is 12.7 Å². The molecule has 0 aliphatic carbocycles. The molecule has 2 aromatic rings. The van der Waals surface area contributed by atoms with Crippen LogP contribution in [0.15, 0.2) is 26.5 Å². The summed E-state index contributed by atoms with van der Waals surface area (Å²) in [6.07, 6.45) is 3.21. The van der Waals surface area contributed by atoms with Crippen LogP contribution in [-0.2, 0) is 6.42 Å². The van der Waals surface area contributed by atoms with E-state index in [1.807, 2.05) is 0 Å². The highest BCUT2D eigenvalue weighted by atomic mass is 79.9. The summed E-state index contributed by atoms with van der Waals surface area (Å²) >= 11 is 3.14. The molecule has 2 rings (SSSR count). The van der Waals surface area contributed by atoms with Crippen molar-refractivity contribution in [3.63, 3.8) is 0 Å². The Labute approximate surface area is 98.4 Å². The Balaban J connectivity index is 1.95. The number of hydrogen-bond donors (Lipinski definition) is 2. The van der Waals surface area contributed by atoms with E-state index in [2.05, 4.69) is 45.9 Å². The van der Waals surface area contributed by atoms with Crippen LogP contribution in [0.5, 0.6) is 0 Å². The average Bonchev–Trinajstić information content (AvgIpc) is 2.77. The van der Waals surface area contributed by atoms with Gasteiger partial charge in [0.15, 0.2) is 5.82 Å². The van der Waals surface area contributed by atoms with Crippen molar-refractivity contribution in [1.82, 2.24) is 20.1 Å². The van der Waals surface area contributed by atoms with E-state index in [-0.39, 0.29) is 5.56 Å². The zero-order valence-electron chi connectivity index (χ0n) is 8.11. The molecule has 2 aromatic heterocycles. The molecule has 0 aromatic carbocycles. The molecular formula is C8H8BrN5O2. The lowest BCUT2D eigenvalue weighted by Crippen LogP contribution is -2.14. The van der Waals surface area contributed by atoms with Crippen LogP contribution >= 0.6 is 15.9 Å². The second kappa shape index (κ2) is 4.88. The smallest absolute Gasteiger partial charge is 0.267 e. The fraction of sp³-hybridized carbons (Fsp3) is 0.250. The molecule has 0 saturated heterocycles. The van der Waals surface area contributed by atoms with Gasteiger partial charge in [0, 0.05) is 13.0 Å². The molecule has 0 aliphatic rings. The quantitative estimate of drug-likeness (QED) is 0.853. The molecule has 16 heavy (non-hydrogen) atoms. The van der Waals surface area contributed by atoms with Crippen molar-refractivity contribution in [1.29, 1.82) is 0 Å². The van der Waals surface area contributed by atoms with Crippen LogP contribution in [0.3, 0.4) is 0 Å². The topological polar surface area (TPSA) is 96.7 Å². The van der Waals surface area contributed by atoms with Gasteiger partial charge in [-0.2, -0.15) is 4.98 Å². The molecule has 0 fully saturated rings. The predicted molar refractivity (Wildman–Crippen MR) is 59.0 cm³/mol. The summed E-state index contributed by atoms with van der Waals surface area (Å²) in [6, 6.07) is 0. The summed E-state index contributed by atoms with van der Waals surface area (Å²) in [4.78, 5) is 21.5. The summed E-state index contributed by atoms with van der Waals surface area (Å²) in [7, 11) is 0. The number of anilines is 1. The van der Waals surface area contributed by atoms with Gasteiger partial charge >= 0.3 is 0 Å². The molecular weight excluding hydrogens is 278 g/mol. The van der Waals surface area contributed by atoms with Gasteiger partial charge in [0.05, 0.1) is 6.33 Å². The lowest BCUT2D eigenvalue weighted by molar-refractivity contribution is 0.410. The van der Waals surface area contributed by atoms with E-state index in [0.29, 0.717) is 29.1 Å². The molecule has 84 valence electrons. The van der Waals surface area contributed by atoms with E-state index in [4.69, 9.17) is 0 Å². The molecule has 0 bridgehead atoms. The lowest BCUT2D eigenvalue weighted by atomic mass is 10.4.